The van der Waals surface area contributed by atoms with Gasteiger partial charge in [0, 0.05) is 18.1 Å². The lowest BCUT2D eigenvalue weighted by molar-refractivity contribution is -0.139. The van der Waals surface area contributed by atoms with Crippen molar-refractivity contribution in [2.75, 3.05) is 0 Å². The Balaban J connectivity index is 1.56. The predicted octanol–water partition coefficient (Wildman–Crippen LogP) is 5.42. The molecule has 0 bridgehead atoms. The minimum Gasteiger partial charge on any atom is -0.480 e. The quantitative estimate of drug-likeness (QED) is 0.406. The first-order valence-corrected chi connectivity index (χ1v) is 12.8. The Labute approximate surface area is 208 Å². The fourth-order valence-corrected chi connectivity index (χ4v) is 6.76. The zero-order chi connectivity index (χ0) is 25.4. The van der Waals surface area contributed by atoms with Gasteiger partial charge in [0.1, 0.15) is 6.04 Å². The molecule has 5 heteroatoms. The van der Waals surface area contributed by atoms with E-state index in [1.165, 1.54) is 17.7 Å². The molecule has 2 N–H and O–H groups in total. The van der Waals surface area contributed by atoms with Crippen molar-refractivity contribution in [3.05, 3.63) is 71.0 Å². The SMILES string of the molecule is CC1=CCC[C@H]2[C@](C)(CC3=CC(=O)C=C(N[C@@H](Cc4ccccc4)C(=O)O)C3=O)[C@@H](C)CC[C@]12C. The van der Waals surface area contributed by atoms with Crippen LogP contribution in [0.3, 0.4) is 0 Å². The van der Waals surface area contributed by atoms with E-state index < -0.39 is 12.0 Å². The van der Waals surface area contributed by atoms with Gasteiger partial charge < -0.3 is 10.4 Å². The molecule has 186 valence electrons. The van der Waals surface area contributed by atoms with Crippen LogP contribution in [0.25, 0.3) is 0 Å². The summed E-state index contributed by atoms with van der Waals surface area (Å²) in [6.07, 6.45) is 10.2. The smallest absolute Gasteiger partial charge is 0.326 e. The number of ketones is 2. The summed E-state index contributed by atoms with van der Waals surface area (Å²) in [4.78, 5) is 38.2. The normalized spacial score (nSPS) is 31.6. The maximum atomic E-state index is 13.6. The van der Waals surface area contributed by atoms with Crippen LogP contribution in [0, 0.1) is 22.7 Å². The summed E-state index contributed by atoms with van der Waals surface area (Å²) in [5.41, 5.74) is 2.87. The van der Waals surface area contributed by atoms with Gasteiger partial charge >= 0.3 is 5.97 Å². The average molecular weight is 476 g/mol. The van der Waals surface area contributed by atoms with Gasteiger partial charge in [-0.15, -0.1) is 0 Å². The van der Waals surface area contributed by atoms with Crippen molar-refractivity contribution in [3.63, 3.8) is 0 Å². The van der Waals surface area contributed by atoms with E-state index in [-0.39, 0.29) is 34.5 Å². The third-order valence-corrected chi connectivity index (χ3v) is 9.22. The van der Waals surface area contributed by atoms with E-state index in [1.54, 1.807) is 0 Å². The van der Waals surface area contributed by atoms with E-state index in [1.807, 2.05) is 30.3 Å². The molecule has 1 fully saturated rings. The number of carbonyl (C=O) groups is 3. The molecule has 1 saturated carbocycles. The molecule has 0 saturated heterocycles. The van der Waals surface area contributed by atoms with Crippen LogP contribution < -0.4 is 5.32 Å². The van der Waals surface area contributed by atoms with Crippen molar-refractivity contribution in [2.45, 2.75) is 72.3 Å². The largest absolute Gasteiger partial charge is 0.480 e. The van der Waals surface area contributed by atoms with Crippen molar-refractivity contribution in [1.29, 1.82) is 0 Å². The molecular weight excluding hydrogens is 438 g/mol. The van der Waals surface area contributed by atoms with Gasteiger partial charge in [-0.05, 0) is 73.3 Å². The van der Waals surface area contributed by atoms with E-state index in [9.17, 15) is 19.5 Å². The second-order valence-electron chi connectivity index (χ2n) is 11.2. The zero-order valence-corrected chi connectivity index (χ0v) is 21.3. The monoisotopic (exact) mass is 475 g/mol. The van der Waals surface area contributed by atoms with Crippen molar-refractivity contribution in [3.8, 4) is 0 Å². The minimum absolute atomic E-state index is 0.0883. The highest BCUT2D eigenvalue weighted by molar-refractivity contribution is 6.20. The van der Waals surface area contributed by atoms with Crippen LogP contribution >= 0.6 is 0 Å². The van der Waals surface area contributed by atoms with Crippen molar-refractivity contribution < 1.29 is 19.5 Å². The fourth-order valence-electron chi connectivity index (χ4n) is 6.76. The predicted molar refractivity (Wildman–Crippen MR) is 137 cm³/mol. The summed E-state index contributed by atoms with van der Waals surface area (Å²) in [5, 5.41) is 12.7. The number of hydrogen-bond donors (Lipinski definition) is 2. The number of carbonyl (C=O) groups excluding carboxylic acids is 2. The van der Waals surface area contributed by atoms with E-state index in [0.717, 1.165) is 31.2 Å². The van der Waals surface area contributed by atoms with Crippen LogP contribution in [0.2, 0.25) is 0 Å². The van der Waals surface area contributed by atoms with Crippen molar-refractivity contribution in [1.82, 2.24) is 5.32 Å². The van der Waals surface area contributed by atoms with E-state index in [2.05, 4.69) is 39.1 Å². The van der Waals surface area contributed by atoms with Crippen molar-refractivity contribution in [2.24, 2.45) is 22.7 Å². The molecule has 0 aliphatic heterocycles. The first-order chi connectivity index (χ1) is 16.5. The summed E-state index contributed by atoms with van der Waals surface area (Å²) < 4.78 is 0. The Kier molecular flexibility index (Phi) is 6.90. The number of nitrogens with one attached hydrogen (secondary N) is 1. The van der Waals surface area contributed by atoms with Gasteiger partial charge in [-0.2, -0.15) is 0 Å². The molecule has 5 nitrogen and oxygen atoms in total. The number of rotatable bonds is 7. The number of allylic oxidation sites excluding steroid dienone is 5. The second-order valence-corrected chi connectivity index (χ2v) is 11.2. The highest BCUT2D eigenvalue weighted by Gasteiger charge is 2.53. The van der Waals surface area contributed by atoms with E-state index in [0.29, 0.717) is 23.8 Å². The molecule has 0 spiro atoms. The van der Waals surface area contributed by atoms with Gasteiger partial charge in [0.05, 0.1) is 5.70 Å². The topological polar surface area (TPSA) is 83.5 Å². The summed E-state index contributed by atoms with van der Waals surface area (Å²) in [6, 6.07) is 8.29. The lowest BCUT2D eigenvalue weighted by atomic mass is 9.46. The molecule has 0 heterocycles. The van der Waals surface area contributed by atoms with Gasteiger partial charge in [-0.25, -0.2) is 4.79 Å². The molecule has 4 rings (SSSR count). The Bertz CT molecular complexity index is 1110. The van der Waals surface area contributed by atoms with E-state index in [4.69, 9.17) is 0 Å². The maximum absolute atomic E-state index is 13.6. The molecule has 1 aromatic rings. The number of Topliss-reactive ketones (excluding diaryl/α,β-unsaturated/α-hetero) is 1. The van der Waals surface area contributed by atoms with Gasteiger partial charge in [-0.1, -0.05) is 62.8 Å². The van der Waals surface area contributed by atoms with Crippen LogP contribution in [-0.2, 0) is 20.8 Å². The summed E-state index contributed by atoms with van der Waals surface area (Å²) in [7, 11) is 0. The molecule has 35 heavy (non-hydrogen) atoms. The number of carboxylic acid groups (broad SMARTS) is 1. The van der Waals surface area contributed by atoms with Crippen molar-refractivity contribution >= 4 is 17.5 Å². The first kappa shape index (κ1) is 25.2. The first-order valence-electron chi connectivity index (χ1n) is 12.8. The lowest BCUT2D eigenvalue weighted by Crippen LogP contribution is -2.50. The Morgan fingerprint density at radius 2 is 1.86 bits per heavy atom. The molecule has 3 aliphatic rings. The third-order valence-electron chi connectivity index (χ3n) is 9.22. The molecule has 0 radical (unpaired) electrons. The van der Waals surface area contributed by atoms with Gasteiger partial charge in [-0.3, -0.25) is 9.59 Å². The molecule has 3 aliphatic carbocycles. The van der Waals surface area contributed by atoms with E-state index >= 15 is 0 Å². The highest BCUT2D eigenvalue weighted by atomic mass is 16.4. The van der Waals surface area contributed by atoms with Crippen LogP contribution in [0.4, 0.5) is 0 Å². The number of fused-ring (bicyclic) bond motifs is 1. The Morgan fingerprint density at radius 1 is 1.14 bits per heavy atom. The average Bonchev–Trinajstić information content (AvgIpc) is 2.81. The lowest BCUT2D eigenvalue weighted by Gasteiger charge is -2.58. The highest BCUT2D eigenvalue weighted by Crippen LogP contribution is 2.62. The zero-order valence-electron chi connectivity index (χ0n) is 21.3. The third kappa shape index (κ3) is 4.78. The minimum atomic E-state index is -1.06. The Morgan fingerprint density at radius 3 is 2.54 bits per heavy atom. The molecule has 0 aromatic heterocycles. The van der Waals surface area contributed by atoms with Gasteiger partial charge in [0.2, 0.25) is 5.78 Å². The number of carboxylic acids is 1. The number of benzene rings is 1. The summed E-state index contributed by atoms with van der Waals surface area (Å²) >= 11 is 0. The van der Waals surface area contributed by atoms with Crippen LogP contribution in [-0.4, -0.2) is 28.7 Å². The molecule has 5 atom stereocenters. The second kappa shape index (κ2) is 9.60. The van der Waals surface area contributed by atoms with Crippen LogP contribution in [0.5, 0.6) is 0 Å². The number of aliphatic carboxylic acids is 1. The fraction of sp³-hybridized carbons (Fsp3) is 0.500. The molecule has 0 amide bonds. The van der Waals surface area contributed by atoms with Crippen LogP contribution in [0.1, 0.15) is 65.4 Å². The number of hydrogen-bond acceptors (Lipinski definition) is 4. The standard InChI is InChI=1S/C30H37NO4/c1-19-9-8-12-26-29(19,3)14-13-20(2)30(26,4)18-22-16-23(32)17-24(27(22)33)31-25(28(34)35)15-21-10-6-5-7-11-21/h5-7,9-11,16-17,20,25-26,31H,8,12-15,18H2,1-4H3,(H,34,35)/t20-,25-,26+,29+,30+/m0/s1. The van der Waals surface area contributed by atoms with Gasteiger partial charge in [0.15, 0.2) is 5.78 Å². The molecule has 0 unspecified atom stereocenters. The van der Waals surface area contributed by atoms with Crippen LogP contribution in [0.15, 0.2) is 65.4 Å². The molecular formula is C30H37NO4. The summed E-state index contributed by atoms with van der Waals surface area (Å²) in [6.45, 7) is 9.17. The van der Waals surface area contributed by atoms with Gasteiger partial charge in [0.25, 0.3) is 0 Å². The maximum Gasteiger partial charge on any atom is 0.326 e. The Hall–Kier alpha value is -2.95. The molecule has 1 aromatic carbocycles. The summed E-state index contributed by atoms with van der Waals surface area (Å²) in [5.74, 6) is -0.727.